The van der Waals surface area contributed by atoms with Gasteiger partial charge in [0, 0.05) is 12.6 Å². The highest BCUT2D eigenvalue weighted by Gasteiger charge is 2.16. The van der Waals surface area contributed by atoms with Crippen molar-refractivity contribution in [2.75, 3.05) is 13.2 Å². The van der Waals surface area contributed by atoms with Crippen LogP contribution in [0.5, 0.6) is 11.5 Å². The molecule has 0 bridgehead atoms. The lowest BCUT2D eigenvalue weighted by Gasteiger charge is -2.22. The lowest BCUT2D eigenvalue weighted by Crippen LogP contribution is -2.30. The summed E-state index contributed by atoms with van der Waals surface area (Å²) in [6, 6.07) is 4.64. The molecule has 0 radical (unpaired) electrons. The van der Waals surface area contributed by atoms with E-state index < -0.39 is 0 Å². The van der Waals surface area contributed by atoms with E-state index in [2.05, 4.69) is 54.2 Å². The van der Waals surface area contributed by atoms with E-state index in [-0.39, 0.29) is 0 Å². The minimum atomic E-state index is 0.497. The van der Waals surface area contributed by atoms with Crippen molar-refractivity contribution in [2.45, 2.75) is 33.4 Å². The number of halogens is 1. The number of hydrogen-bond acceptors (Lipinski definition) is 3. The highest BCUT2D eigenvalue weighted by Crippen LogP contribution is 2.38. The Kier molecular flexibility index (Phi) is 4.51. The first kappa shape index (κ1) is 13.7. The first-order valence-electron chi connectivity index (χ1n) is 6.39. The molecule has 18 heavy (non-hydrogen) atoms. The maximum Gasteiger partial charge on any atom is 0.175 e. The molecule has 4 heteroatoms. The Balaban J connectivity index is 2.08. The molecule has 1 aromatic carbocycles. The Hall–Kier alpha value is -0.740. The highest BCUT2D eigenvalue weighted by molar-refractivity contribution is 9.10. The van der Waals surface area contributed by atoms with E-state index in [1.165, 1.54) is 5.56 Å². The monoisotopic (exact) mass is 313 g/mol. The third kappa shape index (κ3) is 3.18. The molecule has 3 nitrogen and oxygen atoms in total. The summed E-state index contributed by atoms with van der Waals surface area (Å²) in [6.45, 7) is 8.73. The first-order valence-corrected chi connectivity index (χ1v) is 7.18. The maximum atomic E-state index is 5.62. The van der Waals surface area contributed by atoms with Crippen molar-refractivity contribution in [3.8, 4) is 11.5 Å². The van der Waals surface area contributed by atoms with Crippen molar-refractivity contribution in [1.29, 1.82) is 0 Å². The van der Waals surface area contributed by atoms with Gasteiger partial charge in [0.15, 0.2) is 11.5 Å². The quantitative estimate of drug-likeness (QED) is 0.924. The Morgan fingerprint density at radius 3 is 2.67 bits per heavy atom. The van der Waals surface area contributed by atoms with Gasteiger partial charge in [-0.3, -0.25) is 0 Å². The van der Waals surface area contributed by atoms with Crippen molar-refractivity contribution in [3.05, 3.63) is 22.2 Å². The van der Waals surface area contributed by atoms with Crippen LogP contribution in [-0.2, 0) is 6.54 Å². The second-order valence-electron chi connectivity index (χ2n) is 5.02. The normalized spacial score (nSPS) is 15.8. The van der Waals surface area contributed by atoms with E-state index in [0.29, 0.717) is 25.2 Å². The van der Waals surface area contributed by atoms with E-state index in [1.54, 1.807) is 0 Å². The van der Waals surface area contributed by atoms with Crippen LogP contribution in [0.3, 0.4) is 0 Å². The summed E-state index contributed by atoms with van der Waals surface area (Å²) < 4.78 is 12.2. The Bertz CT molecular complexity index is 421. The summed E-state index contributed by atoms with van der Waals surface area (Å²) in [5, 5.41) is 3.52. The predicted octanol–water partition coefficient (Wildman–Crippen LogP) is 3.35. The predicted molar refractivity (Wildman–Crippen MR) is 76.3 cm³/mol. The van der Waals surface area contributed by atoms with Crippen LogP contribution in [0.2, 0.25) is 0 Å². The first-order chi connectivity index (χ1) is 8.58. The molecule has 0 amide bonds. The Morgan fingerprint density at radius 2 is 1.94 bits per heavy atom. The third-order valence-electron chi connectivity index (χ3n) is 3.28. The molecule has 0 saturated heterocycles. The average molecular weight is 314 g/mol. The maximum absolute atomic E-state index is 5.62. The molecular formula is C14H20BrNO2. The standard InChI is InChI=1S/C14H20BrNO2/c1-9(2)10(3)16-8-11-6-12(15)14-13(7-11)17-4-5-18-14/h6-7,9-10,16H,4-5,8H2,1-3H3. The number of rotatable bonds is 4. The molecule has 0 spiro atoms. The van der Waals surface area contributed by atoms with Crippen molar-refractivity contribution < 1.29 is 9.47 Å². The molecule has 1 atom stereocenters. The SMILES string of the molecule is CC(C)C(C)NCc1cc(Br)c2c(c1)OCCO2. The van der Waals surface area contributed by atoms with E-state index in [9.17, 15) is 0 Å². The number of benzene rings is 1. The molecule has 1 N–H and O–H groups in total. The largest absolute Gasteiger partial charge is 0.486 e. The van der Waals surface area contributed by atoms with Crippen molar-refractivity contribution in [2.24, 2.45) is 5.92 Å². The summed E-state index contributed by atoms with van der Waals surface area (Å²) >= 11 is 3.54. The molecule has 100 valence electrons. The van der Waals surface area contributed by atoms with Crippen LogP contribution in [-0.4, -0.2) is 19.3 Å². The van der Waals surface area contributed by atoms with Gasteiger partial charge in [-0.15, -0.1) is 0 Å². The van der Waals surface area contributed by atoms with Gasteiger partial charge < -0.3 is 14.8 Å². The lowest BCUT2D eigenvalue weighted by molar-refractivity contribution is 0.170. The van der Waals surface area contributed by atoms with E-state index in [0.717, 1.165) is 22.5 Å². The Labute approximate surface area is 117 Å². The van der Waals surface area contributed by atoms with Crippen molar-refractivity contribution in [3.63, 3.8) is 0 Å². The van der Waals surface area contributed by atoms with Gasteiger partial charge in [-0.2, -0.15) is 0 Å². The van der Waals surface area contributed by atoms with E-state index in [1.807, 2.05) is 0 Å². The number of ether oxygens (including phenoxy) is 2. The molecule has 1 heterocycles. The molecule has 1 aliphatic rings. The smallest absolute Gasteiger partial charge is 0.175 e. The van der Waals surface area contributed by atoms with Crippen molar-refractivity contribution in [1.82, 2.24) is 5.32 Å². The molecule has 1 aromatic rings. The highest BCUT2D eigenvalue weighted by atomic mass is 79.9. The molecule has 0 fully saturated rings. The zero-order valence-corrected chi connectivity index (χ0v) is 12.7. The zero-order chi connectivity index (χ0) is 13.1. The second kappa shape index (κ2) is 5.93. The summed E-state index contributed by atoms with van der Waals surface area (Å²) in [6.07, 6.45) is 0. The third-order valence-corrected chi connectivity index (χ3v) is 3.87. The molecule has 1 unspecified atom stereocenters. The van der Waals surface area contributed by atoms with E-state index in [4.69, 9.17) is 9.47 Å². The van der Waals surface area contributed by atoms with Crippen LogP contribution < -0.4 is 14.8 Å². The second-order valence-corrected chi connectivity index (χ2v) is 5.87. The fraction of sp³-hybridized carbons (Fsp3) is 0.571. The van der Waals surface area contributed by atoms with Crippen LogP contribution in [0.1, 0.15) is 26.3 Å². The van der Waals surface area contributed by atoms with Gasteiger partial charge in [-0.1, -0.05) is 13.8 Å². The van der Waals surface area contributed by atoms with Gasteiger partial charge in [0.05, 0.1) is 4.47 Å². The summed E-state index contributed by atoms with van der Waals surface area (Å²) in [5.41, 5.74) is 1.21. The molecule has 0 aliphatic carbocycles. The number of hydrogen-bond donors (Lipinski definition) is 1. The fourth-order valence-corrected chi connectivity index (χ4v) is 2.38. The van der Waals surface area contributed by atoms with Gasteiger partial charge in [0.2, 0.25) is 0 Å². The average Bonchev–Trinajstić information content (AvgIpc) is 2.36. The minimum absolute atomic E-state index is 0.497. The van der Waals surface area contributed by atoms with Crippen LogP contribution in [0, 0.1) is 5.92 Å². The van der Waals surface area contributed by atoms with Gasteiger partial charge >= 0.3 is 0 Å². The summed E-state index contributed by atoms with van der Waals surface area (Å²) in [4.78, 5) is 0. The zero-order valence-electron chi connectivity index (χ0n) is 11.1. The van der Waals surface area contributed by atoms with Gasteiger partial charge in [-0.25, -0.2) is 0 Å². The lowest BCUT2D eigenvalue weighted by atomic mass is 10.1. The Morgan fingerprint density at radius 1 is 1.22 bits per heavy atom. The molecule has 2 rings (SSSR count). The van der Waals surface area contributed by atoms with Gasteiger partial charge in [-0.05, 0) is 46.5 Å². The number of nitrogens with one attached hydrogen (secondary N) is 1. The van der Waals surface area contributed by atoms with Crippen LogP contribution in [0.25, 0.3) is 0 Å². The fourth-order valence-electron chi connectivity index (χ4n) is 1.78. The molecule has 0 saturated carbocycles. The summed E-state index contributed by atoms with van der Waals surface area (Å²) in [5.74, 6) is 2.29. The van der Waals surface area contributed by atoms with Crippen molar-refractivity contribution >= 4 is 15.9 Å². The summed E-state index contributed by atoms with van der Waals surface area (Å²) in [7, 11) is 0. The number of fused-ring (bicyclic) bond motifs is 1. The molecular weight excluding hydrogens is 294 g/mol. The van der Waals surface area contributed by atoms with Gasteiger partial charge in [0.25, 0.3) is 0 Å². The molecule has 1 aliphatic heterocycles. The van der Waals surface area contributed by atoms with Gasteiger partial charge in [0.1, 0.15) is 13.2 Å². The van der Waals surface area contributed by atoms with Crippen LogP contribution in [0.4, 0.5) is 0 Å². The van der Waals surface area contributed by atoms with E-state index >= 15 is 0 Å². The topological polar surface area (TPSA) is 30.5 Å². The minimum Gasteiger partial charge on any atom is -0.486 e. The van der Waals surface area contributed by atoms with Crippen LogP contribution in [0.15, 0.2) is 16.6 Å². The molecule has 0 aromatic heterocycles. The van der Waals surface area contributed by atoms with Crippen LogP contribution >= 0.6 is 15.9 Å².